The van der Waals surface area contributed by atoms with Crippen LogP contribution in [0.15, 0.2) is 18.2 Å². The van der Waals surface area contributed by atoms with Gasteiger partial charge in [-0.05, 0) is 37.6 Å². The van der Waals surface area contributed by atoms with E-state index in [1.54, 1.807) is 5.56 Å². The van der Waals surface area contributed by atoms with Crippen molar-refractivity contribution in [2.75, 3.05) is 13.1 Å². The molecule has 2 bridgehead atoms. The molecular formula is C17H21N3S. The molecule has 0 amide bonds. The number of nitrogens with two attached hydrogens (primary N) is 1. The summed E-state index contributed by atoms with van der Waals surface area (Å²) in [5.41, 5.74) is 11.5. The van der Waals surface area contributed by atoms with Crippen molar-refractivity contribution in [3.05, 3.63) is 35.0 Å². The Morgan fingerprint density at radius 1 is 1.43 bits per heavy atom. The molecule has 4 heteroatoms. The molecule has 1 fully saturated rings. The number of benzene rings is 1. The van der Waals surface area contributed by atoms with Gasteiger partial charge in [-0.2, -0.15) is 0 Å². The molecule has 0 aliphatic carbocycles. The van der Waals surface area contributed by atoms with Crippen molar-refractivity contribution in [3.8, 4) is 0 Å². The summed E-state index contributed by atoms with van der Waals surface area (Å²) in [5, 5.41) is 1.46. The molecule has 0 saturated carbocycles. The normalized spacial score (nSPS) is 23.5. The van der Waals surface area contributed by atoms with E-state index in [2.05, 4.69) is 34.6 Å². The van der Waals surface area contributed by atoms with Crippen LogP contribution in [0, 0.1) is 6.92 Å². The van der Waals surface area contributed by atoms with Crippen LogP contribution in [0.25, 0.3) is 10.9 Å². The summed E-state index contributed by atoms with van der Waals surface area (Å²) in [6, 6.07) is 6.84. The van der Waals surface area contributed by atoms with E-state index in [1.807, 2.05) is 0 Å². The number of rotatable bonds is 3. The molecule has 2 unspecified atom stereocenters. The fraction of sp³-hybridized carbons (Fsp3) is 0.471. The molecule has 21 heavy (non-hydrogen) atoms. The minimum absolute atomic E-state index is 0.608. The molecule has 110 valence electrons. The van der Waals surface area contributed by atoms with Crippen LogP contribution in [-0.2, 0) is 13.1 Å². The molecule has 2 N–H and O–H groups in total. The van der Waals surface area contributed by atoms with E-state index in [0.717, 1.165) is 19.5 Å². The monoisotopic (exact) mass is 299 g/mol. The molecular weight excluding hydrogens is 278 g/mol. The standard InChI is InChI=1S/C17H21N3S/c1-11-2-3-14-13(8-11)17-12-4-6-19(9-12)10-15(17)20(14)7-5-16(18)21/h2-3,8,12H,4-7,9-10H2,1H3,(H2,18,21). The Labute approximate surface area is 130 Å². The first-order valence-electron chi connectivity index (χ1n) is 7.76. The van der Waals surface area contributed by atoms with E-state index in [4.69, 9.17) is 18.0 Å². The summed E-state index contributed by atoms with van der Waals surface area (Å²) in [5.74, 6) is 0.712. The number of fused-ring (bicyclic) bond motifs is 6. The number of aromatic nitrogens is 1. The van der Waals surface area contributed by atoms with Crippen molar-refractivity contribution in [2.24, 2.45) is 5.73 Å². The number of hydrogen-bond donors (Lipinski definition) is 1. The van der Waals surface area contributed by atoms with Gasteiger partial charge in [0.2, 0.25) is 0 Å². The van der Waals surface area contributed by atoms with E-state index in [9.17, 15) is 0 Å². The topological polar surface area (TPSA) is 34.2 Å². The van der Waals surface area contributed by atoms with Crippen LogP contribution >= 0.6 is 12.2 Å². The molecule has 3 nitrogen and oxygen atoms in total. The Hall–Kier alpha value is -1.39. The van der Waals surface area contributed by atoms with Crippen LogP contribution in [0.4, 0.5) is 0 Å². The first-order valence-corrected chi connectivity index (χ1v) is 8.16. The molecule has 4 rings (SSSR count). The number of aryl methyl sites for hydroxylation is 2. The van der Waals surface area contributed by atoms with E-state index in [-0.39, 0.29) is 0 Å². The lowest BCUT2D eigenvalue weighted by molar-refractivity contribution is 0.304. The van der Waals surface area contributed by atoms with Gasteiger partial charge < -0.3 is 10.3 Å². The number of thiocarbonyl (C=S) groups is 1. The van der Waals surface area contributed by atoms with Crippen LogP contribution in [-0.4, -0.2) is 27.5 Å². The molecule has 2 aliphatic heterocycles. The summed E-state index contributed by atoms with van der Waals surface area (Å²) in [7, 11) is 0. The average molecular weight is 299 g/mol. The zero-order valence-electron chi connectivity index (χ0n) is 12.4. The van der Waals surface area contributed by atoms with Crippen LogP contribution < -0.4 is 5.73 Å². The summed E-state index contributed by atoms with van der Waals surface area (Å²) in [6.45, 7) is 6.64. The van der Waals surface area contributed by atoms with Crippen molar-refractivity contribution in [3.63, 3.8) is 0 Å². The van der Waals surface area contributed by atoms with Gasteiger partial charge in [0.15, 0.2) is 0 Å². The van der Waals surface area contributed by atoms with Crippen molar-refractivity contribution in [1.29, 1.82) is 0 Å². The van der Waals surface area contributed by atoms with Gasteiger partial charge >= 0.3 is 0 Å². The quantitative estimate of drug-likeness (QED) is 0.885. The van der Waals surface area contributed by atoms with Crippen LogP contribution in [0.3, 0.4) is 0 Å². The number of hydrogen-bond acceptors (Lipinski definition) is 2. The highest BCUT2D eigenvalue weighted by atomic mass is 32.1. The van der Waals surface area contributed by atoms with Crippen molar-refractivity contribution < 1.29 is 0 Å². The smallest absolute Gasteiger partial charge is 0.0745 e. The molecule has 0 radical (unpaired) electrons. The summed E-state index contributed by atoms with van der Waals surface area (Å²) in [6.07, 6.45) is 2.08. The van der Waals surface area contributed by atoms with E-state index in [1.165, 1.54) is 41.7 Å². The minimum Gasteiger partial charge on any atom is -0.393 e. The molecule has 2 aliphatic rings. The first-order chi connectivity index (χ1) is 10.1. The predicted molar refractivity (Wildman–Crippen MR) is 90.7 cm³/mol. The van der Waals surface area contributed by atoms with Gasteiger partial charge in [-0.15, -0.1) is 0 Å². The molecule has 2 aromatic rings. The van der Waals surface area contributed by atoms with Gasteiger partial charge in [0.05, 0.1) is 4.99 Å². The minimum atomic E-state index is 0.608. The maximum Gasteiger partial charge on any atom is 0.0745 e. The van der Waals surface area contributed by atoms with Gasteiger partial charge in [-0.25, -0.2) is 0 Å². The van der Waals surface area contributed by atoms with Crippen LogP contribution in [0.5, 0.6) is 0 Å². The average Bonchev–Trinajstić information content (AvgIpc) is 2.96. The van der Waals surface area contributed by atoms with Gasteiger partial charge in [0, 0.05) is 48.6 Å². The maximum atomic E-state index is 5.73. The fourth-order valence-corrected chi connectivity index (χ4v) is 4.17. The van der Waals surface area contributed by atoms with Gasteiger partial charge in [-0.1, -0.05) is 23.8 Å². The van der Waals surface area contributed by atoms with Gasteiger partial charge in [0.25, 0.3) is 0 Å². The van der Waals surface area contributed by atoms with E-state index < -0.39 is 0 Å². The van der Waals surface area contributed by atoms with Crippen molar-refractivity contribution >= 4 is 28.1 Å². The lowest BCUT2D eigenvalue weighted by Gasteiger charge is -2.24. The van der Waals surface area contributed by atoms with Crippen molar-refractivity contribution in [2.45, 2.75) is 38.8 Å². The summed E-state index contributed by atoms with van der Waals surface area (Å²) >= 11 is 5.08. The highest BCUT2D eigenvalue weighted by Gasteiger charge is 2.35. The second-order valence-corrected chi connectivity index (χ2v) is 6.99. The molecule has 3 heterocycles. The Morgan fingerprint density at radius 2 is 2.29 bits per heavy atom. The Morgan fingerprint density at radius 3 is 3.10 bits per heavy atom. The fourth-order valence-electron chi connectivity index (χ4n) is 4.07. The molecule has 0 spiro atoms. The zero-order chi connectivity index (χ0) is 14.6. The second kappa shape index (κ2) is 4.82. The predicted octanol–water partition coefficient (Wildman–Crippen LogP) is 2.93. The Bertz CT molecular complexity index is 731. The second-order valence-electron chi connectivity index (χ2n) is 6.47. The highest BCUT2D eigenvalue weighted by Crippen LogP contribution is 2.42. The molecule has 1 saturated heterocycles. The van der Waals surface area contributed by atoms with Crippen LogP contribution in [0.1, 0.15) is 35.6 Å². The summed E-state index contributed by atoms with van der Waals surface area (Å²) < 4.78 is 2.47. The molecule has 1 aromatic heterocycles. The van der Waals surface area contributed by atoms with Crippen molar-refractivity contribution in [1.82, 2.24) is 9.47 Å². The third kappa shape index (κ3) is 2.09. The largest absolute Gasteiger partial charge is 0.393 e. The van der Waals surface area contributed by atoms with E-state index >= 15 is 0 Å². The Balaban J connectivity index is 1.91. The van der Waals surface area contributed by atoms with Gasteiger partial charge in [-0.3, -0.25) is 4.90 Å². The van der Waals surface area contributed by atoms with Gasteiger partial charge in [0.1, 0.15) is 0 Å². The number of nitrogens with zero attached hydrogens (tertiary/aromatic N) is 2. The van der Waals surface area contributed by atoms with E-state index in [0.29, 0.717) is 10.9 Å². The lowest BCUT2D eigenvalue weighted by atomic mass is 9.93. The SMILES string of the molecule is Cc1ccc2c(c1)c1c(n2CCC(N)=S)CN2CCC1C2. The lowest BCUT2D eigenvalue weighted by Crippen LogP contribution is -2.26. The first kappa shape index (κ1) is 13.3. The molecule has 2 atom stereocenters. The summed E-state index contributed by atoms with van der Waals surface area (Å²) in [4.78, 5) is 3.19. The third-order valence-electron chi connectivity index (χ3n) is 5.01. The Kier molecular flexibility index (Phi) is 3.05. The third-order valence-corrected chi connectivity index (χ3v) is 5.21. The van der Waals surface area contributed by atoms with Crippen LogP contribution in [0.2, 0.25) is 0 Å². The molecule has 1 aromatic carbocycles. The maximum absolute atomic E-state index is 5.73. The zero-order valence-corrected chi connectivity index (χ0v) is 13.2. The highest BCUT2D eigenvalue weighted by molar-refractivity contribution is 7.80.